The molecule has 0 fully saturated rings. The van der Waals surface area contributed by atoms with Crippen molar-refractivity contribution in [3.05, 3.63) is 9.66 Å². The summed E-state index contributed by atoms with van der Waals surface area (Å²) >= 11 is 1.79. The Morgan fingerprint density at radius 2 is 2.12 bits per heavy atom. The fraction of sp³-hybridized carbons (Fsp3) is 0.200. The van der Waals surface area contributed by atoms with E-state index in [1.807, 2.05) is 0 Å². The van der Waals surface area contributed by atoms with E-state index in [0.717, 1.165) is 0 Å². The van der Waals surface area contributed by atoms with Crippen LogP contribution in [0.25, 0.3) is 0 Å². The lowest BCUT2D eigenvalue weighted by Crippen LogP contribution is -1.82. The molecule has 0 aliphatic heterocycles. The second kappa shape index (κ2) is 3.77. The fourth-order valence-electron chi connectivity index (χ4n) is 0.228. The van der Waals surface area contributed by atoms with Crippen LogP contribution in [0.15, 0.2) is 9.66 Å². The van der Waals surface area contributed by atoms with E-state index in [-0.39, 0.29) is 5.78 Å². The Morgan fingerprint density at radius 3 is 2.25 bits per heavy atom. The molecule has 0 unspecified atom stereocenters. The summed E-state index contributed by atoms with van der Waals surface area (Å²) in [4.78, 5) is 20.0. The Morgan fingerprint density at radius 1 is 1.62 bits per heavy atom. The van der Waals surface area contributed by atoms with Gasteiger partial charge in [0.15, 0.2) is 12.1 Å². The van der Waals surface area contributed by atoms with Crippen LogP contribution in [0, 0.1) is 0 Å². The largest absolute Gasteiger partial charge is 0.297 e. The normalized spacial score (nSPS) is 11.0. The van der Waals surface area contributed by atoms with Crippen molar-refractivity contribution in [2.24, 2.45) is 0 Å². The van der Waals surface area contributed by atoms with Crippen molar-refractivity contribution in [3.8, 4) is 0 Å². The average molecular weight is 224 g/mol. The third-order valence-corrected chi connectivity index (χ3v) is 1.02. The minimum absolute atomic E-state index is 0.0958. The number of rotatable bonds is 2. The van der Waals surface area contributed by atoms with E-state index in [0.29, 0.717) is 9.87 Å². The van der Waals surface area contributed by atoms with Gasteiger partial charge in [0.05, 0.1) is 3.58 Å². The Kier molecular flexibility index (Phi) is 3.68. The molecule has 8 heavy (non-hydrogen) atoms. The van der Waals surface area contributed by atoms with Gasteiger partial charge in [-0.3, -0.25) is 9.59 Å². The van der Waals surface area contributed by atoms with Crippen LogP contribution in [-0.4, -0.2) is 12.1 Å². The minimum atomic E-state index is -0.0958. The molecule has 0 aromatic heterocycles. The highest BCUT2D eigenvalue weighted by molar-refractivity contribution is 14.1. The molecule has 0 heterocycles. The number of carbonyl (C=O) groups excluding carboxylic acids is 2. The minimum Gasteiger partial charge on any atom is -0.297 e. The SMILES string of the molecule is CC(=O)C=C(I)C=O. The van der Waals surface area contributed by atoms with Crippen LogP contribution >= 0.6 is 22.6 Å². The molecule has 0 aromatic rings. The Bertz CT molecular complexity index is 137. The van der Waals surface area contributed by atoms with E-state index >= 15 is 0 Å². The number of carbonyl (C=O) groups is 2. The predicted octanol–water partition coefficient (Wildman–Crippen LogP) is 1.09. The first-order valence-electron chi connectivity index (χ1n) is 1.99. The maximum absolute atomic E-state index is 10.2. The molecule has 3 heteroatoms. The third kappa shape index (κ3) is 3.98. The third-order valence-electron chi connectivity index (χ3n) is 0.454. The van der Waals surface area contributed by atoms with Crippen molar-refractivity contribution < 1.29 is 9.59 Å². The van der Waals surface area contributed by atoms with Crippen molar-refractivity contribution in [2.45, 2.75) is 6.92 Å². The van der Waals surface area contributed by atoms with Crippen LogP contribution in [0.5, 0.6) is 0 Å². The first-order valence-corrected chi connectivity index (χ1v) is 3.07. The summed E-state index contributed by atoms with van der Waals surface area (Å²) in [7, 11) is 0. The summed E-state index contributed by atoms with van der Waals surface area (Å²) < 4.78 is 0.440. The first-order chi connectivity index (χ1) is 3.66. The van der Waals surface area contributed by atoms with E-state index in [1.165, 1.54) is 13.0 Å². The lowest BCUT2D eigenvalue weighted by Gasteiger charge is -1.77. The van der Waals surface area contributed by atoms with E-state index < -0.39 is 0 Å². The van der Waals surface area contributed by atoms with Crippen molar-refractivity contribution in [3.63, 3.8) is 0 Å². The fourth-order valence-corrected chi connectivity index (χ4v) is 0.667. The quantitative estimate of drug-likeness (QED) is 0.399. The zero-order chi connectivity index (χ0) is 6.57. The predicted molar refractivity (Wildman–Crippen MR) is 38.8 cm³/mol. The molecule has 0 spiro atoms. The summed E-state index contributed by atoms with van der Waals surface area (Å²) in [5.74, 6) is -0.0958. The molecule has 0 amide bonds. The van der Waals surface area contributed by atoms with E-state index in [4.69, 9.17) is 0 Å². The molecule has 0 saturated heterocycles. The molecule has 44 valence electrons. The molecule has 0 aliphatic carbocycles. The van der Waals surface area contributed by atoms with Gasteiger partial charge in [0, 0.05) is 0 Å². The average Bonchev–Trinajstić information content (AvgIpc) is 1.65. The number of hydrogen-bond donors (Lipinski definition) is 0. The Hall–Kier alpha value is -0.190. The van der Waals surface area contributed by atoms with E-state index in [9.17, 15) is 9.59 Å². The molecule has 0 rings (SSSR count). The number of aldehydes is 1. The lowest BCUT2D eigenvalue weighted by molar-refractivity contribution is -0.113. The van der Waals surface area contributed by atoms with Gasteiger partial charge in [-0.15, -0.1) is 0 Å². The molecule has 0 saturated carbocycles. The van der Waals surface area contributed by atoms with Gasteiger partial charge >= 0.3 is 0 Å². The van der Waals surface area contributed by atoms with Crippen molar-refractivity contribution in [2.75, 3.05) is 0 Å². The first kappa shape index (κ1) is 7.81. The second-order valence-electron chi connectivity index (χ2n) is 1.26. The molecular weight excluding hydrogens is 219 g/mol. The Labute approximate surface area is 61.1 Å². The highest BCUT2D eigenvalue weighted by atomic mass is 127. The topological polar surface area (TPSA) is 34.1 Å². The summed E-state index contributed by atoms with van der Waals surface area (Å²) in [6.07, 6.45) is 1.93. The number of halogens is 1. The summed E-state index contributed by atoms with van der Waals surface area (Å²) in [6.45, 7) is 1.40. The van der Waals surface area contributed by atoms with E-state index in [2.05, 4.69) is 0 Å². The Balaban J connectivity index is 3.94. The standard InChI is InChI=1S/C5H5IO2/c1-4(8)2-5(6)3-7/h2-3H,1H3. The number of allylic oxidation sites excluding steroid dienone is 2. The monoisotopic (exact) mass is 224 g/mol. The highest BCUT2D eigenvalue weighted by Crippen LogP contribution is 1.99. The van der Waals surface area contributed by atoms with Crippen LogP contribution in [0.4, 0.5) is 0 Å². The molecule has 0 aliphatic rings. The van der Waals surface area contributed by atoms with Crippen LogP contribution in [-0.2, 0) is 9.59 Å². The van der Waals surface area contributed by atoms with Crippen molar-refractivity contribution in [1.29, 1.82) is 0 Å². The maximum atomic E-state index is 10.2. The molecule has 0 atom stereocenters. The molecule has 0 bridgehead atoms. The van der Waals surface area contributed by atoms with Gasteiger partial charge in [0.2, 0.25) is 0 Å². The lowest BCUT2D eigenvalue weighted by atomic mass is 10.4. The summed E-state index contributed by atoms with van der Waals surface area (Å²) in [5.41, 5.74) is 0. The van der Waals surface area contributed by atoms with Gasteiger partial charge in [0.1, 0.15) is 0 Å². The molecule has 0 N–H and O–H groups in total. The van der Waals surface area contributed by atoms with Gasteiger partial charge in [-0.1, -0.05) is 0 Å². The van der Waals surface area contributed by atoms with Crippen molar-refractivity contribution in [1.82, 2.24) is 0 Å². The summed E-state index contributed by atoms with van der Waals surface area (Å²) in [6, 6.07) is 0. The van der Waals surface area contributed by atoms with Gasteiger partial charge < -0.3 is 0 Å². The molecule has 0 aromatic carbocycles. The zero-order valence-corrected chi connectivity index (χ0v) is 6.51. The van der Waals surface area contributed by atoms with Crippen LogP contribution in [0.3, 0.4) is 0 Å². The summed E-state index contributed by atoms with van der Waals surface area (Å²) in [5, 5.41) is 0. The maximum Gasteiger partial charge on any atom is 0.156 e. The molecular formula is C5H5IO2. The van der Waals surface area contributed by atoms with Gasteiger partial charge in [-0.25, -0.2) is 0 Å². The van der Waals surface area contributed by atoms with Gasteiger partial charge in [0.25, 0.3) is 0 Å². The zero-order valence-electron chi connectivity index (χ0n) is 4.35. The smallest absolute Gasteiger partial charge is 0.156 e. The van der Waals surface area contributed by atoms with Gasteiger partial charge in [-0.05, 0) is 35.6 Å². The second-order valence-corrected chi connectivity index (χ2v) is 2.50. The van der Waals surface area contributed by atoms with E-state index in [1.54, 1.807) is 22.6 Å². The van der Waals surface area contributed by atoms with Crippen molar-refractivity contribution >= 4 is 34.7 Å². The van der Waals surface area contributed by atoms with Crippen LogP contribution < -0.4 is 0 Å². The highest BCUT2D eigenvalue weighted by Gasteiger charge is 1.87. The number of ketones is 1. The molecule has 0 radical (unpaired) electrons. The van der Waals surface area contributed by atoms with Gasteiger partial charge in [-0.2, -0.15) is 0 Å². The van der Waals surface area contributed by atoms with Crippen LogP contribution in [0.1, 0.15) is 6.92 Å². The molecule has 2 nitrogen and oxygen atoms in total. The number of hydrogen-bond acceptors (Lipinski definition) is 2. The van der Waals surface area contributed by atoms with Crippen LogP contribution in [0.2, 0.25) is 0 Å².